The van der Waals surface area contributed by atoms with Crippen LogP contribution in [0.3, 0.4) is 0 Å². The van der Waals surface area contributed by atoms with Gasteiger partial charge in [0.05, 0.1) is 10.7 Å². The van der Waals surface area contributed by atoms with Crippen LogP contribution in [0.25, 0.3) is 0 Å². The zero-order chi connectivity index (χ0) is 12.3. The molecule has 90 valence electrons. The average Bonchev–Trinajstić information content (AvgIpc) is 2.74. The van der Waals surface area contributed by atoms with Crippen molar-refractivity contribution >= 4 is 27.7 Å². The van der Waals surface area contributed by atoms with E-state index in [0.29, 0.717) is 16.4 Å². The molecule has 0 aliphatic heterocycles. The summed E-state index contributed by atoms with van der Waals surface area (Å²) in [7, 11) is 0. The largest absolute Gasteiger partial charge is 0.465 e. The van der Waals surface area contributed by atoms with Crippen LogP contribution in [0, 0.1) is 5.82 Å². The fourth-order valence-corrected chi connectivity index (χ4v) is 2.68. The molecule has 0 bridgehead atoms. The van der Waals surface area contributed by atoms with Gasteiger partial charge in [0.25, 0.3) is 0 Å². The molecule has 0 aliphatic rings. The summed E-state index contributed by atoms with van der Waals surface area (Å²) in [6.45, 7) is 0. The summed E-state index contributed by atoms with van der Waals surface area (Å²) in [5.74, 6) is 0.532. The van der Waals surface area contributed by atoms with E-state index in [0.717, 1.165) is 4.47 Å². The van der Waals surface area contributed by atoms with Crippen LogP contribution in [-0.2, 0) is 0 Å². The van der Waals surface area contributed by atoms with E-state index in [9.17, 15) is 9.50 Å². The summed E-state index contributed by atoms with van der Waals surface area (Å²) in [5, 5.41) is 9.88. The van der Waals surface area contributed by atoms with E-state index in [1.165, 1.54) is 24.1 Å². The van der Waals surface area contributed by atoms with Gasteiger partial charge in [-0.15, -0.1) is 11.8 Å². The first-order chi connectivity index (χ1) is 8.18. The second-order valence-electron chi connectivity index (χ2n) is 3.39. The van der Waals surface area contributed by atoms with Crippen LogP contribution in [0.5, 0.6) is 0 Å². The van der Waals surface area contributed by atoms with Crippen molar-refractivity contribution in [2.45, 2.75) is 11.0 Å². The highest BCUT2D eigenvalue weighted by molar-refractivity contribution is 9.10. The molecular formula is C12H10BrFO2S. The van der Waals surface area contributed by atoms with Gasteiger partial charge in [-0.05, 0) is 34.1 Å². The number of benzene rings is 1. The van der Waals surface area contributed by atoms with Crippen molar-refractivity contribution in [3.05, 3.63) is 52.6 Å². The molecule has 17 heavy (non-hydrogen) atoms. The number of thioether (sulfide) groups is 1. The standard InChI is InChI=1S/C12H10BrFO2S/c13-8-5-6-16-12(8)10(15)7-17-11-4-2-1-3-9(11)14/h1-6,10,15H,7H2. The van der Waals surface area contributed by atoms with Crippen LogP contribution < -0.4 is 0 Å². The maximum absolute atomic E-state index is 13.3. The fourth-order valence-electron chi connectivity index (χ4n) is 1.35. The summed E-state index contributed by atoms with van der Waals surface area (Å²) in [6.07, 6.45) is 0.736. The smallest absolute Gasteiger partial charge is 0.147 e. The van der Waals surface area contributed by atoms with Crippen LogP contribution >= 0.6 is 27.7 Å². The van der Waals surface area contributed by atoms with Gasteiger partial charge in [0.15, 0.2) is 0 Å². The molecule has 0 radical (unpaired) electrons. The number of furan rings is 1. The van der Waals surface area contributed by atoms with E-state index in [2.05, 4.69) is 15.9 Å². The van der Waals surface area contributed by atoms with Crippen molar-refractivity contribution in [3.8, 4) is 0 Å². The normalized spacial score (nSPS) is 12.6. The lowest BCUT2D eigenvalue weighted by Crippen LogP contribution is -2.00. The van der Waals surface area contributed by atoms with Crippen LogP contribution in [-0.4, -0.2) is 10.9 Å². The Balaban J connectivity index is 2.00. The monoisotopic (exact) mass is 316 g/mol. The summed E-state index contributed by atoms with van der Waals surface area (Å²) in [6, 6.07) is 8.20. The fraction of sp³-hybridized carbons (Fsp3) is 0.167. The minimum atomic E-state index is -0.760. The van der Waals surface area contributed by atoms with E-state index < -0.39 is 6.10 Å². The predicted molar refractivity (Wildman–Crippen MR) is 68.5 cm³/mol. The summed E-state index contributed by atoms with van der Waals surface area (Å²) in [5.41, 5.74) is 0. The van der Waals surface area contributed by atoms with E-state index in [1.807, 2.05) is 0 Å². The summed E-state index contributed by atoms with van der Waals surface area (Å²) < 4.78 is 19.2. The van der Waals surface area contributed by atoms with Gasteiger partial charge in [0.2, 0.25) is 0 Å². The number of halogens is 2. The maximum Gasteiger partial charge on any atom is 0.147 e. The van der Waals surface area contributed by atoms with Crippen LogP contribution in [0.15, 0.2) is 50.4 Å². The van der Waals surface area contributed by atoms with Crippen LogP contribution in [0.2, 0.25) is 0 Å². The molecule has 0 aliphatic carbocycles. The Kier molecular flexibility index (Phi) is 4.25. The topological polar surface area (TPSA) is 33.4 Å². The highest BCUT2D eigenvalue weighted by atomic mass is 79.9. The van der Waals surface area contributed by atoms with E-state index in [4.69, 9.17) is 4.42 Å². The van der Waals surface area contributed by atoms with Gasteiger partial charge in [0.1, 0.15) is 17.7 Å². The van der Waals surface area contributed by atoms with Gasteiger partial charge in [-0.1, -0.05) is 12.1 Å². The lowest BCUT2D eigenvalue weighted by atomic mass is 10.3. The molecular weight excluding hydrogens is 307 g/mol. The molecule has 2 rings (SSSR count). The quantitative estimate of drug-likeness (QED) is 0.865. The molecule has 0 spiro atoms. The lowest BCUT2D eigenvalue weighted by Gasteiger charge is -2.08. The molecule has 2 nitrogen and oxygen atoms in total. The van der Waals surface area contributed by atoms with Gasteiger partial charge >= 0.3 is 0 Å². The molecule has 1 heterocycles. The summed E-state index contributed by atoms with van der Waals surface area (Å²) in [4.78, 5) is 0.522. The molecule has 0 fully saturated rings. The van der Waals surface area contributed by atoms with Crippen molar-refractivity contribution in [1.29, 1.82) is 0 Å². The molecule has 1 atom stereocenters. The van der Waals surface area contributed by atoms with Crippen LogP contribution in [0.4, 0.5) is 4.39 Å². The number of rotatable bonds is 4. The van der Waals surface area contributed by atoms with Gasteiger partial charge in [-0.2, -0.15) is 0 Å². The number of aliphatic hydroxyl groups excluding tert-OH is 1. The second kappa shape index (κ2) is 5.71. The molecule has 1 unspecified atom stereocenters. The first kappa shape index (κ1) is 12.7. The van der Waals surface area contributed by atoms with Gasteiger partial charge in [-0.25, -0.2) is 4.39 Å². The molecule has 0 saturated carbocycles. The highest BCUT2D eigenvalue weighted by Crippen LogP contribution is 2.30. The third-order valence-electron chi connectivity index (χ3n) is 2.18. The molecule has 2 aromatic rings. The molecule has 0 saturated heterocycles. The highest BCUT2D eigenvalue weighted by Gasteiger charge is 2.15. The van der Waals surface area contributed by atoms with Crippen molar-refractivity contribution in [3.63, 3.8) is 0 Å². The van der Waals surface area contributed by atoms with Crippen molar-refractivity contribution in [1.82, 2.24) is 0 Å². The molecule has 1 aromatic carbocycles. The Morgan fingerprint density at radius 1 is 1.35 bits per heavy atom. The summed E-state index contributed by atoms with van der Waals surface area (Å²) >= 11 is 4.53. The second-order valence-corrected chi connectivity index (χ2v) is 5.31. The Hall–Kier alpha value is -0.780. The maximum atomic E-state index is 13.3. The van der Waals surface area contributed by atoms with Gasteiger partial charge in [0, 0.05) is 10.6 Å². The Labute approximate surface area is 111 Å². The first-order valence-electron chi connectivity index (χ1n) is 4.97. The lowest BCUT2D eigenvalue weighted by molar-refractivity contribution is 0.173. The minimum absolute atomic E-state index is 0.275. The Morgan fingerprint density at radius 3 is 2.76 bits per heavy atom. The molecule has 1 N–H and O–H groups in total. The molecule has 5 heteroatoms. The Morgan fingerprint density at radius 2 is 2.12 bits per heavy atom. The number of aliphatic hydroxyl groups is 1. The van der Waals surface area contributed by atoms with Crippen molar-refractivity contribution in [2.24, 2.45) is 0 Å². The average molecular weight is 317 g/mol. The third-order valence-corrected chi connectivity index (χ3v) is 3.96. The SMILES string of the molecule is OC(CSc1ccccc1F)c1occc1Br. The van der Waals surface area contributed by atoms with E-state index in [-0.39, 0.29) is 5.82 Å². The minimum Gasteiger partial charge on any atom is -0.465 e. The van der Waals surface area contributed by atoms with Gasteiger partial charge < -0.3 is 9.52 Å². The number of hydrogen-bond donors (Lipinski definition) is 1. The van der Waals surface area contributed by atoms with E-state index >= 15 is 0 Å². The van der Waals surface area contributed by atoms with Crippen LogP contribution in [0.1, 0.15) is 11.9 Å². The van der Waals surface area contributed by atoms with E-state index in [1.54, 1.807) is 24.3 Å². The third kappa shape index (κ3) is 3.12. The zero-order valence-corrected chi connectivity index (χ0v) is 11.2. The van der Waals surface area contributed by atoms with Crippen molar-refractivity contribution in [2.75, 3.05) is 5.75 Å². The molecule has 0 amide bonds. The first-order valence-corrected chi connectivity index (χ1v) is 6.74. The van der Waals surface area contributed by atoms with Gasteiger partial charge in [-0.3, -0.25) is 0 Å². The molecule has 1 aromatic heterocycles. The zero-order valence-electron chi connectivity index (χ0n) is 8.77. The Bertz CT molecular complexity index is 501. The van der Waals surface area contributed by atoms with Crippen molar-refractivity contribution < 1.29 is 13.9 Å². The number of hydrogen-bond acceptors (Lipinski definition) is 3. The predicted octanol–water partition coefficient (Wildman–Crippen LogP) is 4.01.